The van der Waals surface area contributed by atoms with Crippen LogP contribution in [0.3, 0.4) is 0 Å². The molecule has 1 rings (SSSR count). The van der Waals surface area contributed by atoms with Gasteiger partial charge in [-0.05, 0) is 30.8 Å². The molecule has 0 bridgehead atoms. The Balaban J connectivity index is 2.55. The van der Waals surface area contributed by atoms with Gasteiger partial charge in [0.2, 0.25) is 0 Å². The fraction of sp³-hybridized carbons (Fsp3) is 0.917. The highest BCUT2D eigenvalue weighted by Crippen LogP contribution is 2.39. The van der Waals surface area contributed by atoms with Crippen LogP contribution in [-0.4, -0.2) is 22.6 Å². The first-order valence-corrected chi connectivity index (χ1v) is 7.18. The predicted molar refractivity (Wildman–Crippen MR) is 65.4 cm³/mol. The molecular weight excluding hydrogens is 208 g/mol. The first-order chi connectivity index (χ1) is 7.21. The minimum atomic E-state index is -0.555. The Morgan fingerprint density at radius 2 is 1.87 bits per heavy atom. The van der Waals surface area contributed by atoms with Crippen molar-refractivity contribution in [2.45, 2.75) is 51.9 Å². The molecule has 88 valence electrons. The number of hydrogen-bond acceptors (Lipinski definition) is 2. The fourth-order valence-electron chi connectivity index (χ4n) is 2.39. The highest BCUT2D eigenvalue weighted by Gasteiger charge is 2.37. The Bertz CT molecular complexity index is 196. The summed E-state index contributed by atoms with van der Waals surface area (Å²) in [6.45, 7) is 2.13. The molecule has 1 N–H and O–H groups in total. The van der Waals surface area contributed by atoms with Crippen molar-refractivity contribution in [2.24, 2.45) is 5.41 Å². The first-order valence-electron chi connectivity index (χ1n) is 6.02. The van der Waals surface area contributed by atoms with Crippen LogP contribution in [0.25, 0.3) is 0 Å². The molecule has 1 aliphatic carbocycles. The van der Waals surface area contributed by atoms with Crippen molar-refractivity contribution in [3.05, 3.63) is 0 Å². The van der Waals surface area contributed by atoms with Gasteiger partial charge in [-0.15, -0.1) is 0 Å². The molecule has 0 saturated heterocycles. The Morgan fingerprint density at radius 3 is 2.33 bits per heavy atom. The smallest absolute Gasteiger partial charge is 0.309 e. The van der Waals surface area contributed by atoms with E-state index in [2.05, 4.69) is 6.92 Å². The summed E-state index contributed by atoms with van der Waals surface area (Å²) >= 11 is 1.86. The van der Waals surface area contributed by atoms with Crippen molar-refractivity contribution >= 4 is 17.7 Å². The molecule has 15 heavy (non-hydrogen) atoms. The van der Waals surface area contributed by atoms with Crippen molar-refractivity contribution in [1.82, 2.24) is 0 Å². The molecule has 0 aromatic heterocycles. The maximum absolute atomic E-state index is 11.4. The SMILES string of the molecule is CCSCCC1(C(=O)O)CCCCCC1. The molecule has 1 saturated carbocycles. The van der Waals surface area contributed by atoms with Crippen LogP contribution in [0.2, 0.25) is 0 Å². The molecule has 0 aliphatic heterocycles. The maximum atomic E-state index is 11.4. The molecule has 1 fully saturated rings. The maximum Gasteiger partial charge on any atom is 0.309 e. The van der Waals surface area contributed by atoms with E-state index in [1.807, 2.05) is 11.8 Å². The van der Waals surface area contributed by atoms with Gasteiger partial charge in [-0.1, -0.05) is 32.6 Å². The number of carbonyl (C=O) groups is 1. The summed E-state index contributed by atoms with van der Waals surface area (Å²) in [4.78, 5) is 11.4. The number of rotatable bonds is 5. The van der Waals surface area contributed by atoms with Gasteiger partial charge < -0.3 is 5.11 Å². The van der Waals surface area contributed by atoms with Crippen LogP contribution in [0.1, 0.15) is 51.9 Å². The van der Waals surface area contributed by atoms with Crippen molar-refractivity contribution in [3.8, 4) is 0 Å². The highest BCUT2D eigenvalue weighted by molar-refractivity contribution is 7.99. The molecule has 3 heteroatoms. The molecule has 0 amide bonds. The van der Waals surface area contributed by atoms with E-state index in [0.29, 0.717) is 0 Å². The third kappa shape index (κ3) is 3.71. The van der Waals surface area contributed by atoms with E-state index in [1.165, 1.54) is 12.8 Å². The van der Waals surface area contributed by atoms with Crippen LogP contribution in [0.4, 0.5) is 0 Å². The van der Waals surface area contributed by atoms with Gasteiger partial charge in [-0.2, -0.15) is 11.8 Å². The molecule has 0 spiro atoms. The van der Waals surface area contributed by atoms with Gasteiger partial charge in [0.1, 0.15) is 0 Å². The Hall–Kier alpha value is -0.180. The average molecular weight is 230 g/mol. The number of thioether (sulfide) groups is 1. The molecule has 0 radical (unpaired) electrons. The quantitative estimate of drug-likeness (QED) is 0.579. The van der Waals surface area contributed by atoms with E-state index >= 15 is 0 Å². The summed E-state index contributed by atoms with van der Waals surface area (Å²) in [6.07, 6.45) is 7.29. The summed E-state index contributed by atoms with van der Waals surface area (Å²) in [7, 11) is 0. The second-order valence-corrected chi connectivity index (χ2v) is 5.84. The van der Waals surface area contributed by atoms with E-state index in [0.717, 1.165) is 43.6 Å². The van der Waals surface area contributed by atoms with E-state index in [1.54, 1.807) is 0 Å². The Morgan fingerprint density at radius 1 is 1.27 bits per heavy atom. The highest BCUT2D eigenvalue weighted by atomic mass is 32.2. The summed E-state index contributed by atoms with van der Waals surface area (Å²) in [6, 6.07) is 0. The monoisotopic (exact) mass is 230 g/mol. The average Bonchev–Trinajstić information content (AvgIpc) is 2.45. The second kappa shape index (κ2) is 6.41. The summed E-state index contributed by atoms with van der Waals surface area (Å²) in [5.74, 6) is 1.54. The molecule has 1 aliphatic rings. The van der Waals surface area contributed by atoms with Gasteiger partial charge in [0, 0.05) is 0 Å². The number of hydrogen-bond donors (Lipinski definition) is 1. The summed E-state index contributed by atoms with van der Waals surface area (Å²) in [5, 5.41) is 9.40. The molecule has 0 heterocycles. The van der Waals surface area contributed by atoms with Gasteiger partial charge in [-0.25, -0.2) is 0 Å². The topological polar surface area (TPSA) is 37.3 Å². The largest absolute Gasteiger partial charge is 0.481 e. The second-order valence-electron chi connectivity index (χ2n) is 4.45. The third-order valence-corrected chi connectivity index (χ3v) is 4.34. The minimum Gasteiger partial charge on any atom is -0.481 e. The van der Waals surface area contributed by atoms with Crippen molar-refractivity contribution in [3.63, 3.8) is 0 Å². The van der Waals surface area contributed by atoms with E-state index in [9.17, 15) is 9.90 Å². The zero-order valence-corrected chi connectivity index (χ0v) is 10.4. The Labute approximate surface area is 96.8 Å². The van der Waals surface area contributed by atoms with Gasteiger partial charge >= 0.3 is 5.97 Å². The van der Waals surface area contributed by atoms with Crippen LogP contribution in [0, 0.1) is 5.41 Å². The van der Waals surface area contributed by atoms with Gasteiger partial charge in [0.05, 0.1) is 5.41 Å². The molecule has 2 nitrogen and oxygen atoms in total. The molecular formula is C12H22O2S. The summed E-state index contributed by atoms with van der Waals surface area (Å²) in [5.41, 5.74) is -0.390. The predicted octanol–water partition coefficient (Wildman–Crippen LogP) is 3.55. The van der Waals surface area contributed by atoms with E-state index < -0.39 is 11.4 Å². The number of aliphatic carboxylic acids is 1. The van der Waals surface area contributed by atoms with Gasteiger partial charge in [0.25, 0.3) is 0 Å². The van der Waals surface area contributed by atoms with Crippen LogP contribution < -0.4 is 0 Å². The lowest BCUT2D eigenvalue weighted by molar-refractivity contribution is -0.150. The zero-order chi connectivity index (χ0) is 11.1. The van der Waals surface area contributed by atoms with Crippen molar-refractivity contribution in [2.75, 3.05) is 11.5 Å². The first kappa shape index (κ1) is 12.9. The van der Waals surface area contributed by atoms with Crippen LogP contribution in [0.15, 0.2) is 0 Å². The van der Waals surface area contributed by atoms with Crippen molar-refractivity contribution in [1.29, 1.82) is 0 Å². The third-order valence-electron chi connectivity index (χ3n) is 3.44. The number of carboxylic acid groups (broad SMARTS) is 1. The van der Waals surface area contributed by atoms with Crippen LogP contribution in [0.5, 0.6) is 0 Å². The standard InChI is InChI=1S/C12H22O2S/c1-2-15-10-9-12(11(13)14)7-5-3-4-6-8-12/h2-10H2,1H3,(H,13,14). The molecule has 0 aromatic rings. The van der Waals surface area contributed by atoms with E-state index in [4.69, 9.17) is 0 Å². The number of carboxylic acids is 1. The minimum absolute atomic E-state index is 0.390. The lowest BCUT2D eigenvalue weighted by Gasteiger charge is -2.27. The normalized spacial score (nSPS) is 20.9. The molecule has 0 atom stereocenters. The zero-order valence-electron chi connectivity index (χ0n) is 9.63. The van der Waals surface area contributed by atoms with Crippen molar-refractivity contribution < 1.29 is 9.90 Å². The van der Waals surface area contributed by atoms with Gasteiger partial charge in [0.15, 0.2) is 0 Å². The van der Waals surface area contributed by atoms with E-state index in [-0.39, 0.29) is 0 Å². The lowest BCUT2D eigenvalue weighted by atomic mass is 9.78. The van der Waals surface area contributed by atoms with Gasteiger partial charge in [-0.3, -0.25) is 4.79 Å². The molecule has 0 unspecified atom stereocenters. The molecule has 0 aromatic carbocycles. The lowest BCUT2D eigenvalue weighted by Crippen LogP contribution is -2.31. The van der Waals surface area contributed by atoms with Crippen LogP contribution in [-0.2, 0) is 4.79 Å². The fourth-order valence-corrected chi connectivity index (χ4v) is 3.21. The van der Waals surface area contributed by atoms with Crippen LogP contribution >= 0.6 is 11.8 Å². The Kier molecular flexibility index (Phi) is 5.51. The summed E-state index contributed by atoms with van der Waals surface area (Å²) < 4.78 is 0.